The smallest absolute Gasteiger partial charge is 0.284 e. The first kappa shape index (κ1) is 14.7. The molecule has 0 aromatic heterocycles. The largest absolute Gasteiger partial charge is 0.361 e. The molecule has 0 aliphatic carbocycles. The van der Waals surface area contributed by atoms with Crippen LogP contribution < -0.4 is 0 Å². The van der Waals surface area contributed by atoms with Crippen LogP contribution in [0.3, 0.4) is 0 Å². The highest BCUT2D eigenvalue weighted by atomic mass is 32.2. The summed E-state index contributed by atoms with van der Waals surface area (Å²) in [5.74, 6) is -2.52. The van der Waals surface area contributed by atoms with E-state index in [4.69, 9.17) is 4.55 Å². The topological polar surface area (TPSA) is 118 Å². The van der Waals surface area contributed by atoms with E-state index in [9.17, 15) is 22.8 Å². The zero-order valence-corrected chi connectivity index (χ0v) is 10.8. The van der Waals surface area contributed by atoms with Crippen molar-refractivity contribution in [3.8, 4) is 0 Å². The molecule has 10 heteroatoms. The Bertz CT molecular complexity index is 524. The van der Waals surface area contributed by atoms with Gasteiger partial charge in [0.2, 0.25) is 5.05 Å². The zero-order chi connectivity index (χ0) is 14.1. The number of ketones is 1. The fraction of sp³-hybridized carbons (Fsp3) is 0.500. The predicted molar refractivity (Wildman–Crippen MR) is 60.8 cm³/mol. The minimum atomic E-state index is -4.68. The third kappa shape index (κ3) is 3.31. The predicted octanol–water partition coefficient (Wildman–Crippen LogP) is -0.760. The van der Waals surface area contributed by atoms with Crippen molar-refractivity contribution in [2.75, 3.05) is 0 Å². The van der Waals surface area contributed by atoms with E-state index in [-0.39, 0.29) is 22.3 Å². The summed E-state index contributed by atoms with van der Waals surface area (Å²) >= 11 is 4.60. The maximum atomic E-state index is 11.5. The Kier molecular flexibility index (Phi) is 4.14. The molecule has 8 nitrogen and oxygen atoms in total. The highest BCUT2D eigenvalue weighted by Gasteiger charge is 2.48. The van der Waals surface area contributed by atoms with Crippen LogP contribution in [0.2, 0.25) is 0 Å². The second-order valence-electron chi connectivity index (χ2n) is 3.58. The van der Waals surface area contributed by atoms with Crippen molar-refractivity contribution in [1.82, 2.24) is 5.06 Å². The Morgan fingerprint density at radius 2 is 2.11 bits per heavy atom. The van der Waals surface area contributed by atoms with E-state index in [2.05, 4.69) is 17.1 Å². The molecule has 1 aliphatic rings. The lowest BCUT2D eigenvalue weighted by molar-refractivity contribution is -0.167. The minimum Gasteiger partial charge on any atom is -0.361 e. The molecule has 100 valence electrons. The molecule has 18 heavy (non-hydrogen) atoms. The van der Waals surface area contributed by atoms with E-state index in [0.717, 1.165) is 0 Å². The van der Waals surface area contributed by atoms with Crippen molar-refractivity contribution in [1.29, 1.82) is 0 Å². The van der Waals surface area contributed by atoms with Gasteiger partial charge in [0.1, 0.15) is 5.78 Å². The Labute approximate surface area is 108 Å². The number of rotatable bonds is 4. The normalized spacial score (nSPS) is 20.1. The molecule has 0 bridgehead atoms. The van der Waals surface area contributed by atoms with Gasteiger partial charge in [-0.2, -0.15) is 8.42 Å². The third-order valence-corrected chi connectivity index (χ3v) is 3.31. The number of hydrogen-bond donors (Lipinski definition) is 1. The Balaban J connectivity index is 2.80. The summed E-state index contributed by atoms with van der Waals surface area (Å²) in [6, 6.07) is 0. The Hall–Kier alpha value is -1.39. The number of hydrogen-bond acceptors (Lipinski definition) is 7. The molecule has 1 unspecified atom stereocenters. The van der Waals surface area contributed by atoms with Crippen LogP contribution in [0.1, 0.15) is 19.8 Å². The van der Waals surface area contributed by atoms with E-state index < -0.39 is 33.6 Å². The first-order valence-electron chi connectivity index (χ1n) is 4.66. The molecule has 1 aliphatic heterocycles. The average molecular weight is 295 g/mol. The van der Waals surface area contributed by atoms with Gasteiger partial charge in [-0.15, -0.1) is 5.06 Å². The quantitative estimate of drug-likeness (QED) is 0.408. The molecule has 1 fully saturated rings. The van der Waals surface area contributed by atoms with Gasteiger partial charge in [-0.1, -0.05) is 0 Å². The van der Waals surface area contributed by atoms with Crippen molar-refractivity contribution in [2.24, 2.45) is 0 Å². The second-order valence-corrected chi connectivity index (χ2v) is 5.63. The summed E-state index contributed by atoms with van der Waals surface area (Å²) in [5, 5.41) is -2.06. The monoisotopic (exact) mass is 295 g/mol. The standard InChI is InChI=1S/C8H9NO7S2/c1-4(10)2-7(17)16-9-6(11)3-5(8(9)12)18(13,14)15/h5H,2-3H2,1H3,(H,13,14,15). The lowest BCUT2D eigenvalue weighted by atomic mass is 10.3. The zero-order valence-electron chi connectivity index (χ0n) is 9.15. The molecule has 1 N–H and O–H groups in total. The molecule has 1 heterocycles. The summed E-state index contributed by atoms with van der Waals surface area (Å²) in [4.78, 5) is 38.2. The summed E-state index contributed by atoms with van der Waals surface area (Å²) in [7, 11) is -4.68. The van der Waals surface area contributed by atoms with Crippen molar-refractivity contribution >= 4 is 45.0 Å². The van der Waals surface area contributed by atoms with Crippen LogP contribution in [0, 0.1) is 0 Å². The van der Waals surface area contributed by atoms with Crippen LogP contribution in [0.15, 0.2) is 0 Å². The van der Waals surface area contributed by atoms with Crippen LogP contribution in [-0.2, 0) is 29.3 Å². The van der Waals surface area contributed by atoms with Gasteiger partial charge >= 0.3 is 0 Å². The van der Waals surface area contributed by atoms with Crippen molar-refractivity contribution in [3.05, 3.63) is 0 Å². The number of carbonyl (C=O) groups excluding carboxylic acids is 3. The summed E-state index contributed by atoms with van der Waals surface area (Å²) in [5.41, 5.74) is 0. The lowest BCUT2D eigenvalue weighted by Gasteiger charge is -2.14. The van der Waals surface area contributed by atoms with Crippen LogP contribution in [-0.4, -0.2) is 45.9 Å². The van der Waals surface area contributed by atoms with Gasteiger partial charge < -0.3 is 4.84 Å². The lowest BCUT2D eigenvalue weighted by Crippen LogP contribution is -2.36. The molecule has 1 atom stereocenters. The van der Waals surface area contributed by atoms with Crippen molar-refractivity contribution in [2.45, 2.75) is 25.0 Å². The third-order valence-electron chi connectivity index (χ3n) is 2.01. The summed E-state index contributed by atoms with van der Waals surface area (Å²) in [6.07, 6.45) is -1.01. The van der Waals surface area contributed by atoms with E-state index in [1.54, 1.807) is 0 Å². The summed E-state index contributed by atoms with van der Waals surface area (Å²) < 4.78 is 30.4. The highest BCUT2D eigenvalue weighted by Crippen LogP contribution is 2.20. The number of carbonyl (C=O) groups is 3. The first-order valence-corrected chi connectivity index (χ1v) is 6.57. The molecule has 0 aromatic rings. The summed E-state index contributed by atoms with van der Waals surface area (Å²) in [6.45, 7) is 1.23. The fourth-order valence-corrected chi connectivity index (χ4v) is 2.23. The van der Waals surface area contributed by atoms with Crippen LogP contribution >= 0.6 is 12.2 Å². The molecule has 2 amide bonds. The number of amides is 2. The fourth-order valence-electron chi connectivity index (χ4n) is 1.25. The van der Waals surface area contributed by atoms with Crippen LogP contribution in [0.25, 0.3) is 0 Å². The van der Waals surface area contributed by atoms with Gasteiger partial charge in [0.05, 0.1) is 12.8 Å². The van der Waals surface area contributed by atoms with Gasteiger partial charge in [0, 0.05) is 0 Å². The molecule has 0 saturated carbocycles. The van der Waals surface area contributed by atoms with E-state index in [1.807, 2.05) is 0 Å². The Morgan fingerprint density at radius 1 is 1.56 bits per heavy atom. The number of hydroxylamine groups is 2. The second kappa shape index (κ2) is 5.08. The highest BCUT2D eigenvalue weighted by molar-refractivity contribution is 7.87. The SMILES string of the molecule is CC(=O)CC(=S)ON1C(=O)CC(S(=O)(=O)O)C1=O. The molecular formula is C8H9NO7S2. The molecule has 1 rings (SSSR count). The first-order chi connectivity index (χ1) is 8.12. The van der Waals surface area contributed by atoms with Crippen LogP contribution in [0.5, 0.6) is 0 Å². The van der Waals surface area contributed by atoms with Crippen LogP contribution in [0.4, 0.5) is 0 Å². The number of imide groups is 1. The maximum absolute atomic E-state index is 11.5. The molecule has 0 aromatic carbocycles. The van der Waals surface area contributed by atoms with Gasteiger partial charge in [0.15, 0.2) is 5.25 Å². The Morgan fingerprint density at radius 3 is 2.50 bits per heavy atom. The van der Waals surface area contributed by atoms with E-state index >= 15 is 0 Å². The maximum Gasteiger partial charge on any atom is 0.284 e. The number of thiocarbonyl (C=S) groups is 1. The molecule has 0 spiro atoms. The van der Waals surface area contributed by atoms with Gasteiger partial charge in [0.25, 0.3) is 21.9 Å². The molecule has 0 radical (unpaired) electrons. The number of Topliss-reactive ketones (excluding diaryl/α,β-unsaturated/α-hetero) is 1. The molecular weight excluding hydrogens is 286 g/mol. The van der Waals surface area contributed by atoms with Gasteiger partial charge in [-0.3, -0.25) is 18.9 Å². The van der Waals surface area contributed by atoms with Gasteiger partial charge in [-0.05, 0) is 19.1 Å². The van der Waals surface area contributed by atoms with E-state index in [1.165, 1.54) is 6.92 Å². The number of nitrogens with zero attached hydrogens (tertiary/aromatic N) is 1. The van der Waals surface area contributed by atoms with Gasteiger partial charge in [-0.25, -0.2) is 0 Å². The minimum absolute atomic E-state index is 0.156. The molecule has 1 saturated heterocycles. The van der Waals surface area contributed by atoms with Crippen molar-refractivity contribution < 1.29 is 32.2 Å². The average Bonchev–Trinajstić information content (AvgIpc) is 2.43. The van der Waals surface area contributed by atoms with Crippen molar-refractivity contribution in [3.63, 3.8) is 0 Å². The van der Waals surface area contributed by atoms with E-state index in [0.29, 0.717) is 0 Å².